The third-order valence-corrected chi connectivity index (χ3v) is 3.47. The predicted molar refractivity (Wildman–Crippen MR) is 90.2 cm³/mol. The number of hydrogen-bond acceptors (Lipinski definition) is 5. The molecule has 0 N–H and O–H groups in total. The lowest BCUT2D eigenvalue weighted by Crippen LogP contribution is -2.16. The number of thioether (sulfide) groups is 1. The first-order valence-corrected chi connectivity index (χ1v) is 8.56. The molecule has 0 aliphatic rings. The van der Waals surface area contributed by atoms with E-state index in [1.807, 2.05) is 30.5 Å². The Morgan fingerprint density at radius 3 is 2.73 bits per heavy atom. The van der Waals surface area contributed by atoms with Gasteiger partial charge in [-0.25, -0.2) is 4.79 Å². The minimum absolute atomic E-state index is 0.0579. The van der Waals surface area contributed by atoms with E-state index in [2.05, 4.69) is 6.92 Å². The number of benzene rings is 1. The summed E-state index contributed by atoms with van der Waals surface area (Å²) in [4.78, 5) is 23.8. The number of unbranched alkanes of at least 4 members (excludes halogenated alkanes) is 1. The van der Waals surface area contributed by atoms with Gasteiger partial charge in [-0.2, -0.15) is 11.8 Å². The van der Waals surface area contributed by atoms with Gasteiger partial charge in [0.2, 0.25) is 0 Å². The highest BCUT2D eigenvalue weighted by Crippen LogP contribution is 2.18. The molecule has 0 unspecified atom stereocenters. The Morgan fingerprint density at radius 2 is 2.09 bits per heavy atom. The van der Waals surface area contributed by atoms with E-state index in [-0.39, 0.29) is 17.1 Å². The van der Waals surface area contributed by atoms with Gasteiger partial charge in [0.25, 0.3) is 0 Å². The van der Waals surface area contributed by atoms with Crippen LogP contribution in [-0.4, -0.2) is 37.5 Å². The maximum atomic E-state index is 12.0. The molecule has 22 heavy (non-hydrogen) atoms. The van der Waals surface area contributed by atoms with E-state index in [1.165, 1.54) is 18.9 Å². The van der Waals surface area contributed by atoms with Gasteiger partial charge in [-0.1, -0.05) is 25.5 Å². The second kappa shape index (κ2) is 10.1. The Hall–Kier alpha value is -1.75. The Kier molecular flexibility index (Phi) is 8.36. The maximum absolute atomic E-state index is 12.0. The lowest BCUT2D eigenvalue weighted by Gasteiger charge is -2.07. The summed E-state index contributed by atoms with van der Waals surface area (Å²) in [5, 5.41) is 0. The van der Waals surface area contributed by atoms with E-state index in [9.17, 15) is 9.59 Å². The van der Waals surface area contributed by atoms with Crippen LogP contribution < -0.4 is 4.74 Å². The average molecular weight is 322 g/mol. The summed E-state index contributed by atoms with van der Waals surface area (Å²) >= 11 is 1.37. The van der Waals surface area contributed by atoms with Gasteiger partial charge in [0.1, 0.15) is 11.3 Å². The SMILES string of the molecule is CCCCOc1cccc(C=C(C(=O)CSC)C(=O)OC)c1. The molecule has 0 heterocycles. The van der Waals surface area contributed by atoms with E-state index in [0.29, 0.717) is 6.61 Å². The largest absolute Gasteiger partial charge is 0.494 e. The lowest BCUT2D eigenvalue weighted by molar-refractivity contribution is -0.137. The molecule has 5 heteroatoms. The summed E-state index contributed by atoms with van der Waals surface area (Å²) in [6.07, 6.45) is 5.42. The first kappa shape index (κ1) is 18.3. The van der Waals surface area contributed by atoms with Crippen molar-refractivity contribution < 1.29 is 19.1 Å². The summed E-state index contributed by atoms with van der Waals surface area (Å²) in [5.74, 6) is 0.116. The van der Waals surface area contributed by atoms with E-state index in [1.54, 1.807) is 6.08 Å². The van der Waals surface area contributed by atoms with Crippen LogP contribution in [0.1, 0.15) is 25.3 Å². The van der Waals surface area contributed by atoms with Crippen LogP contribution in [0.2, 0.25) is 0 Å². The smallest absolute Gasteiger partial charge is 0.341 e. The Labute approximate surface area is 135 Å². The van der Waals surface area contributed by atoms with Crippen LogP contribution in [0.15, 0.2) is 29.8 Å². The molecule has 0 radical (unpaired) electrons. The molecule has 0 saturated heterocycles. The van der Waals surface area contributed by atoms with E-state index < -0.39 is 5.97 Å². The van der Waals surface area contributed by atoms with Crippen LogP contribution in [0.25, 0.3) is 6.08 Å². The summed E-state index contributed by atoms with van der Waals surface area (Å²) < 4.78 is 10.3. The minimum atomic E-state index is -0.614. The second-order valence-electron chi connectivity index (χ2n) is 4.68. The van der Waals surface area contributed by atoms with Crippen molar-refractivity contribution in [1.29, 1.82) is 0 Å². The quantitative estimate of drug-likeness (QED) is 0.229. The highest BCUT2D eigenvalue weighted by atomic mass is 32.2. The van der Waals surface area contributed by atoms with Crippen LogP contribution in [0.4, 0.5) is 0 Å². The van der Waals surface area contributed by atoms with Crippen LogP contribution in [-0.2, 0) is 14.3 Å². The van der Waals surface area contributed by atoms with Crippen molar-refractivity contribution in [2.45, 2.75) is 19.8 Å². The van der Waals surface area contributed by atoms with E-state index in [4.69, 9.17) is 9.47 Å². The third-order valence-electron chi connectivity index (χ3n) is 2.92. The molecular weight excluding hydrogens is 300 g/mol. The fourth-order valence-electron chi connectivity index (χ4n) is 1.77. The second-order valence-corrected chi connectivity index (χ2v) is 5.55. The summed E-state index contributed by atoms with van der Waals surface area (Å²) in [6, 6.07) is 7.32. The Morgan fingerprint density at radius 1 is 1.32 bits per heavy atom. The molecule has 0 atom stereocenters. The van der Waals surface area contributed by atoms with Gasteiger partial charge in [-0.05, 0) is 36.4 Å². The van der Waals surface area contributed by atoms with Crippen molar-refractivity contribution in [3.63, 3.8) is 0 Å². The number of hydrogen-bond donors (Lipinski definition) is 0. The number of ketones is 1. The summed E-state index contributed by atoms with van der Waals surface area (Å²) in [6.45, 7) is 2.75. The highest BCUT2D eigenvalue weighted by molar-refractivity contribution is 7.99. The summed E-state index contributed by atoms with van der Waals surface area (Å²) in [7, 11) is 1.27. The number of rotatable bonds is 9. The van der Waals surface area contributed by atoms with E-state index in [0.717, 1.165) is 24.2 Å². The van der Waals surface area contributed by atoms with E-state index >= 15 is 0 Å². The molecule has 0 aliphatic heterocycles. The Balaban J connectivity index is 2.96. The highest BCUT2D eigenvalue weighted by Gasteiger charge is 2.18. The fraction of sp³-hybridized carbons (Fsp3) is 0.412. The lowest BCUT2D eigenvalue weighted by atomic mass is 10.1. The molecule has 0 aliphatic carbocycles. The van der Waals surface area contributed by atoms with Crippen molar-refractivity contribution in [2.75, 3.05) is 25.7 Å². The number of methoxy groups -OCH3 is 1. The van der Waals surface area contributed by atoms with Gasteiger partial charge in [-0.15, -0.1) is 0 Å². The monoisotopic (exact) mass is 322 g/mol. The van der Waals surface area contributed by atoms with Crippen molar-refractivity contribution in [3.05, 3.63) is 35.4 Å². The normalized spacial score (nSPS) is 11.1. The number of Topliss-reactive ketones (excluding diaryl/α,β-unsaturated/α-hetero) is 1. The van der Waals surface area contributed by atoms with Crippen LogP contribution in [0.5, 0.6) is 5.75 Å². The molecule has 0 aromatic heterocycles. The molecule has 0 spiro atoms. The molecule has 0 bridgehead atoms. The minimum Gasteiger partial charge on any atom is -0.494 e. The topological polar surface area (TPSA) is 52.6 Å². The zero-order valence-corrected chi connectivity index (χ0v) is 14.1. The average Bonchev–Trinajstić information content (AvgIpc) is 2.53. The molecule has 1 rings (SSSR count). The van der Waals surface area contributed by atoms with Crippen molar-refractivity contribution in [2.24, 2.45) is 0 Å². The van der Waals surface area contributed by atoms with Crippen molar-refractivity contribution >= 4 is 29.6 Å². The molecule has 0 amide bonds. The van der Waals surface area contributed by atoms with Gasteiger partial charge in [0.05, 0.1) is 19.5 Å². The zero-order valence-electron chi connectivity index (χ0n) is 13.3. The fourth-order valence-corrected chi connectivity index (χ4v) is 2.18. The Bertz CT molecular complexity index is 537. The first-order chi connectivity index (χ1) is 10.6. The standard InChI is InChI=1S/C17H22O4S/c1-4-5-9-21-14-8-6-7-13(10-14)11-15(17(19)20-2)16(18)12-22-3/h6-8,10-11H,4-5,9,12H2,1-3H3. The van der Waals surface area contributed by atoms with Gasteiger partial charge in [0.15, 0.2) is 5.78 Å². The number of ether oxygens (including phenoxy) is 2. The molecular formula is C17H22O4S. The molecule has 1 aromatic carbocycles. The molecule has 0 saturated carbocycles. The molecule has 0 fully saturated rings. The maximum Gasteiger partial charge on any atom is 0.341 e. The molecule has 1 aromatic rings. The van der Waals surface area contributed by atoms with Crippen molar-refractivity contribution in [1.82, 2.24) is 0 Å². The zero-order chi connectivity index (χ0) is 16.4. The first-order valence-electron chi connectivity index (χ1n) is 7.17. The van der Waals surface area contributed by atoms with Gasteiger partial charge >= 0.3 is 5.97 Å². The van der Waals surface area contributed by atoms with Crippen molar-refractivity contribution in [3.8, 4) is 5.75 Å². The van der Waals surface area contributed by atoms with Gasteiger partial charge < -0.3 is 9.47 Å². The van der Waals surface area contributed by atoms with Crippen LogP contribution in [0.3, 0.4) is 0 Å². The van der Waals surface area contributed by atoms with Gasteiger partial charge in [-0.3, -0.25) is 4.79 Å². The number of carbonyl (C=O) groups excluding carboxylic acids is 2. The number of esters is 1. The molecule has 120 valence electrons. The predicted octanol–water partition coefficient (Wildman–Crippen LogP) is 3.35. The van der Waals surface area contributed by atoms with Crippen LogP contribution in [0, 0.1) is 0 Å². The third kappa shape index (κ3) is 5.93. The van der Waals surface area contributed by atoms with Crippen LogP contribution >= 0.6 is 11.8 Å². The number of carbonyl (C=O) groups is 2. The van der Waals surface area contributed by atoms with Gasteiger partial charge in [0, 0.05) is 0 Å². The summed E-state index contributed by atoms with van der Waals surface area (Å²) in [5.41, 5.74) is 0.798. The molecule has 4 nitrogen and oxygen atoms in total.